The number of aromatic nitrogens is 2. The van der Waals surface area contributed by atoms with E-state index in [0.29, 0.717) is 21.7 Å². The highest BCUT2D eigenvalue weighted by atomic mass is 35.5. The van der Waals surface area contributed by atoms with Gasteiger partial charge < -0.3 is 9.30 Å². The molecule has 1 aromatic heterocycles. The van der Waals surface area contributed by atoms with Crippen LogP contribution in [0, 0.1) is 0 Å². The van der Waals surface area contributed by atoms with Crippen LogP contribution in [0.25, 0.3) is 11.0 Å². The van der Waals surface area contributed by atoms with Gasteiger partial charge in [-0.1, -0.05) is 42.3 Å². The van der Waals surface area contributed by atoms with Crippen molar-refractivity contribution >= 4 is 46.1 Å². The fourth-order valence-corrected chi connectivity index (χ4v) is 3.10. The van der Waals surface area contributed by atoms with Gasteiger partial charge in [-0.25, -0.2) is 4.98 Å². The number of anilines is 1. The van der Waals surface area contributed by atoms with E-state index >= 15 is 0 Å². The number of nitrogens with zero attached hydrogens (tertiary/aromatic N) is 2. The van der Waals surface area contributed by atoms with Gasteiger partial charge >= 0.3 is 0 Å². The normalized spacial score (nSPS) is 12.2. The molecule has 26 heavy (non-hydrogen) atoms. The molecule has 0 unspecified atom stereocenters. The number of amides is 1. The van der Waals surface area contributed by atoms with Crippen LogP contribution in [-0.2, 0) is 11.3 Å². The first-order valence-electron chi connectivity index (χ1n) is 8.37. The van der Waals surface area contributed by atoms with E-state index in [4.69, 9.17) is 27.9 Å². The van der Waals surface area contributed by atoms with Crippen molar-refractivity contribution in [3.63, 3.8) is 0 Å². The van der Waals surface area contributed by atoms with Crippen LogP contribution < -0.4 is 10.1 Å². The number of benzene rings is 2. The van der Waals surface area contributed by atoms with E-state index in [-0.39, 0.29) is 5.91 Å². The van der Waals surface area contributed by atoms with Gasteiger partial charge in [-0.2, -0.15) is 0 Å². The predicted molar refractivity (Wildman–Crippen MR) is 105 cm³/mol. The lowest BCUT2D eigenvalue weighted by atomic mass is 10.3. The molecular weight excluding hydrogens is 373 g/mol. The summed E-state index contributed by atoms with van der Waals surface area (Å²) in [6, 6.07) is 12.7. The molecule has 3 aromatic rings. The van der Waals surface area contributed by atoms with Crippen LogP contribution in [0.4, 0.5) is 5.95 Å². The number of aryl methyl sites for hydroxylation is 1. The zero-order valence-corrected chi connectivity index (χ0v) is 16.0. The van der Waals surface area contributed by atoms with Crippen molar-refractivity contribution in [1.82, 2.24) is 9.55 Å². The Bertz CT molecular complexity index is 940. The molecule has 0 saturated carbocycles. The maximum absolute atomic E-state index is 12.6. The monoisotopic (exact) mass is 391 g/mol. The molecule has 0 aliphatic heterocycles. The van der Waals surface area contributed by atoms with Gasteiger partial charge in [0.25, 0.3) is 5.91 Å². The number of nitrogens with one attached hydrogen (secondary N) is 1. The molecular formula is C19H19Cl2N3O2. The minimum absolute atomic E-state index is 0.302. The fraction of sp³-hybridized carbons (Fsp3) is 0.263. The van der Waals surface area contributed by atoms with Gasteiger partial charge in [0.2, 0.25) is 5.95 Å². The van der Waals surface area contributed by atoms with E-state index in [2.05, 4.69) is 17.2 Å². The highest BCUT2D eigenvalue weighted by molar-refractivity contribution is 6.35. The molecule has 0 aliphatic carbocycles. The zero-order chi connectivity index (χ0) is 18.7. The van der Waals surface area contributed by atoms with Crippen LogP contribution in [0.1, 0.15) is 20.3 Å². The van der Waals surface area contributed by atoms with Crippen molar-refractivity contribution in [2.24, 2.45) is 0 Å². The first-order valence-corrected chi connectivity index (χ1v) is 9.13. The second-order valence-electron chi connectivity index (χ2n) is 5.90. The lowest BCUT2D eigenvalue weighted by Gasteiger charge is -2.16. The van der Waals surface area contributed by atoms with Gasteiger partial charge in [0.1, 0.15) is 5.75 Å². The minimum atomic E-state index is -0.747. The van der Waals surface area contributed by atoms with Gasteiger partial charge in [0.05, 0.1) is 16.1 Å². The average Bonchev–Trinajstić information content (AvgIpc) is 2.95. The van der Waals surface area contributed by atoms with Gasteiger partial charge in [0, 0.05) is 11.6 Å². The Morgan fingerprint density at radius 3 is 2.77 bits per heavy atom. The third-order valence-corrected chi connectivity index (χ3v) is 4.43. The molecule has 2 aromatic carbocycles. The van der Waals surface area contributed by atoms with Crippen LogP contribution in [0.2, 0.25) is 10.0 Å². The van der Waals surface area contributed by atoms with Gasteiger partial charge in [-0.3, -0.25) is 10.1 Å². The summed E-state index contributed by atoms with van der Waals surface area (Å²) in [5, 5.41) is 3.72. The van der Waals surface area contributed by atoms with Crippen LogP contribution in [0.15, 0.2) is 42.5 Å². The average molecular weight is 392 g/mol. The number of rotatable bonds is 6. The third-order valence-electron chi connectivity index (χ3n) is 3.90. The smallest absolute Gasteiger partial charge is 0.267 e. The molecule has 0 spiro atoms. The molecule has 0 saturated heterocycles. The zero-order valence-electron chi connectivity index (χ0n) is 14.5. The summed E-state index contributed by atoms with van der Waals surface area (Å²) in [5.74, 6) is 0.611. The highest BCUT2D eigenvalue weighted by Crippen LogP contribution is 2.28. The van der Waals surface area contributed by atoms with Crippen LogP contribution in [0.3, 0.4) is 0 Å². The number of fused-ring (bicyclic) bond motifs is 1. The summed E-state index contributed by atoms with van der Waals surface area (Å²) >= 11 is 12.0. The molecule has 0 radical (unpaired) electrons. The van der Waals surface area contributed by atoms with Crippen molar-refractivity contribution in [3.05, 3.63) is 52.5 Å². The Morgan fingerprint density at radius 2 is 2.04 bits per heavy atom. The van der Waals surface area contributed by atoms with Crippen LogP contribution in [-0.4, -0.2) is 21.6 Å². The highest BCUT2D eigenvalue weighted by Gasteiger charge is 2.19. The predicted octanol–water partition coefficient (Wildman–Crippen LogP) is 5.16. The van der Waals surface area contributed by atoms with Crippen LogP contribution >= 0.6 is 23.2 Å². The van der Waals surface area contributed by atoms with Gasteiger partial charge in [-0.15, -0.1) is 0 Å². The standard InChI is InChI=1S/C19H19Cl2N3O2/c1-3-10-24-16-7-5-4-6-15(16)22-19(24)23-18(25)12(2)26-17-9-8-13(20)11-14(17)21/h4-9,11-12H,3,10H2,1-2H3,(H,22,23,25)/t12-/m1/s1. The van der Waals surface area contributed by atoms with Crippen molar-refractivity contribution in [2.75, 3.05) is 5.32 Å². The number of imidazole rings is 1. The Kier molecular flexibility index (Phi) is 5.69. The maximum Gasteiger partial charge on any atom is 0.267 e. The lowest BCUT2D eigenvalue weighted by Crippen LogP contribution is -2.31. The van der Waals surface area contributed by atoms with E-state index in [9.17, 15) is 4.79 Å². The van der Waals surface area contributed by atoms with Crippen molar-refractivity contribution in [2.45, 2.75) is 32.9 Å². The quantitative estimate of drug-likeness (QED) is 0.631. The Balaban J connectivity index is 1.78. The van der Waals surface area contributed by atoms with Gasteiger partial charge in [-0.05, 0) is 43.7 Å². The summed E-state index contributed by atoms with van der Waals surface area (Å²) in [5.41, 5.74) is 1.82. The first-order chi connectivity index (χ1) is 12.5. The molecule has 1 heterocycles. The third kappa shape index (κ3) is 3.94. The molecule has 1 atom stereocenters. The second-order valence-corrected chi connectivity index (χ2v) is 6.74. The van der Waals surface area contributed by atoms with Crippen molar-refractivity contribution in [3.8, 4) is 5.75 Å². The molecule has 1 N–H and O–H groups in total. The molecule has 3 rings (SSSR count). The van der Waals surface area contributed by atoms with E-state index in [1.165, 1.54) is 0 Å². The SMILES string of the molecule is CCCn1c(NC(=O)[C@@H](C)Oc2ccc(Cl)cc2Cl)nc2ccccc21. The number of hydrogen-bond acceptors (Lipinski definition) is 3. The van der Waals surface area contributed by atoms with Crippen LogP contribution in [0.5, 0.6) is 5.75 Å². The Hall–Kier alpha value is -2.24. The summed E-state index contributed by atoms with van der Waals surface area (Å²) in [4.78, 5) is 17.1. The molecule has 0 bridgehead atoms. The molecule has 0 fully saturated rings. The first kappa shape index (κ1) is 18.5. The van der Waals surface area contributed by atoms with E-state index < -0.39 is 6.10 Å². The number of halogens is 2. The fourth-order valence-electron chi connectivity index (χ4n) is 2.65. The van der Waals surface area contributed by atoms with E-state index in [0.717, 1.165) is 24.0 Å². The lowest BCUT2D eigenvalue weighted by molar-refractivity contribution is -0.122. The number of ether oxygens (including phenoxy) is 1. The maximum atomic E-state index is 12.6. The Morgan fingerprint density at radius 1 is 1.27 bits per heavy atom. The molecule has 5 nitrogen and oxygen atoms in total. The molecule has 7 heteroatoms. The molecule has 1 amide bonds. The van der Waals surface area contributed by atoms with Crippen molar-refractivity contribution in [1.29, 1.82) is 0 Å². The molecule has 0 aliphatic rings. The molecule has 136 valence electrons. The largest absolute Gasteiger partial charge is 0.479 e. The van der Waals surface area contributed by atoms with Gasteiger partial charge in [0.15, 0.2) is 6.10 Å². The summed E-state index contributed by atoms with van der Waals surface area (Å²) < 4.78 is 7.66. The Labute approximate surface area is 161 Å². The second kappa shape index (κ2) is 7.98. The summed E-state index contributed by atoms with van der Waals surface area (Å²) in [6.45, 7) is 4.50. The number of carbonyl (C=O) groups excluding carboxylic acids is 1. The minimum Gasteiger partial charge on any atom is -0.479 e. The van der Waals surface area contributed by atoms with E-state index in [1.54, 1.807) is 25.1 Å². The van der Waals surface area contributed by atoms with E-state index in [1.807, 2.05) is 28.8 Å². The summed E-state index contributed by atoms with van der Waals surface area (Å²) in [7, 11) is 0. The number of carbonyl (C=O) groups is 1. The topological polar surface area (TPSA) is 56.2 Å². The number of para-hydroxylation sites is 2. The number of hydrogen-bond donors (Lipinski definition) is 1. The summed E-state index contributed by atoms with van der Waals surface area (Å²) in [6.07, 6.45) is 0.180. The van der Waals surface area contributed by atoms with Crippen molar-refractivity contribution < 1.29 is 9.53 Å².